The van der Waals surface area contributed by atoms with Crippen molar-refractivity contribution in [3.63, 3.8) is 0 Å². The molecular weight excluding hydrogens is 342 g/mol. The normalized spacial score (nSPS) is 34.7. The maximum atomic E-state index is 13.1. The van der Waals surface area contributed by atoms with Crippen LogP contribution in [0.5, 0.6) is 0 Å². The van der Waals surface area contributed by atoms with Gasteiger partial charge in [0.05, 0.1) is 12.5 Å². The molecule has 4 aliphatic rings. The van der Waals surface area contributed by atoms with E-state index in [1.54, 1.807) is 0 Å². The van der Waals surface area contributed by atoms with Crippen molar-refractivity contribution in [1.82, 2.24) is 9.80 Å². The molecule has 2 aliphatic carbocycles. The molecule has 4 fully saturated rings. The first kappa shape index (κ1) is 19.0. The molecule has 0 aromatic heterocycles. The fourth-order valence-electron chi connectivity index (χ4n) is 6.00. The van der Waals surface area contributed by atoms with Gasteiger partial charge < -0.3 is 20.3 Å². The number of ether oxygens (including phenoxy) is 1. The van der Waals surface area contributed by atoms with E-state index in [0.717, 1.165) is 45.1 Å². The molecule has 27 heavy (non-hydrogen) atoms. The molecule has 152 valence electrons. The summed E-state index contributed by atoms with van der Waals surface area (Å²) >= 11 is 0. The highest BCUT2D eigenvalue weighted by atomic mass is 16.6. The quantitative estimate of drug-likeness (QED) is 0.799. The fourth-order valence-corrected chi connectivity index (χ4v) is 6.00. The third-order valence-corrected chi connectivity index (χ3v) is 7.93. The molecular formula is C21H35N3O3. The summed E-state index contributed by atoms with van der Waals surface area (Å²) in [6.07, 6.45) is 6.99. The zero-order valence-electron chi connectivity index (χ0n) is 16.9. The number of likely N-dealkylation sites (tertiary alicyclic amines) is 1. The minimum absolute atomic E-state index is 0.0234. The second-order valence-corrected chi connectivity index (χ2v) is 9.38. The van der Waals surface area contributed by atoms with Crippen molar-refractivity contribution in [3.8, 4) is 0 Å². The Hall–Kier alpha value is -1.30. The van der Waals surface area contributed by atoms with Crippen LogP contribution in [0.15, 0.2) is 0 Å². The van der Waals surface area contributed by atoms with E-state index in [1.165, 1.54) is 6.42 Å². The summed E-state index contributed by atoms with van der Waals surface area (Å²) in [5, 5.41) is 0. The molecule has 0 radical (unpaired) electrons. The smallest absolute Gasteiger partial charge is 0.410 e. The Morgan fingerprint density at radius 3 is 2.48 bits per heavy atom. The number of piperidine rings is 1. The monoisotopic (exact) mass is 377 g/mol. The Morgan fingerprint density at radius 2 is 1.89 bits per heavy atom. The summed E-state index contributed by atoms with van der Waals surface area (Å²) < 4.78 is 5.84. The average Bonchev–Trinajstić information content (AvgIpc) is 3.34. The van der Waals surface area contributed by atoms with Crippen LogP contribution in [-0.2, 0) is 9.53 Å². The number of hydrogen-bond acceptors (Lipinski definition) is 4. The number of carbonyl (C=O) groups is 2. The van der Waals surface area contributed by atoms with Crippen molar-refractivity contribution in [3.05, 3.63) is 0 Å². The van der Waals surface area contributed by atoms with Crippen molar-refractivity contribution in [2.75, 3.05) is 26.2 Å². The lowest BCUT2D eigenvalue weighted by molar-refractivity contribution is -0.141. The van der Waals surface area contributed by atoms with Crippen molar-refractivity contribution in [2.24, 2.45) is 29.4 Å². The van der Waals surface area contributed by atoms with Crippen molar-refractivity contribution >= 4 is 12.0 Å². The lowest BCUT2D eigenvalue weighted by Crippen LogP contribution is -2.53. The number of rotatable bonds is 5. The highest BCUT2D eigenvalue weighted by Crippen LogP contribution is 2.48. The van der Waals surface area contributed by atoms with Gasteiger partial charge in [0, 0.05) is 38.5 Å². The molecule has 2 amide bonds. The van der Waals surface area contributed by atoms with Crippen LogP contribution >= 0.6 is 0 Å². The molecule has 2 saturated carbocycles. The maximum Gasteiger partial charge on any atom is 0.410 e. The standard InChI is InChI=1S/C21H35N3O3/c1-3-14(4-2)12-24-13-21(27-20(24)26)7-9-23(10-8-21)19(25)17-15-5-6-16(11-15)18(17)22/h14-18H,3-13,22H2,1-2H3/t15-,16+,17-,18+/m0/s1. The Kier molecular flexibility index (Phi) is 5.12. The molecule has 2 saturated heterocycles. The van der Waals surface area contributed by atoms with Crippen LogP contribution in [0.3, 0.4) is 0 Å². The van der Waals surface area contributed by atoms with Gasteiger partial charge in [-0.15, -0.1) is 0 Å². The largest absolute Gasteiger partial charge is 0.441 e. The first-order chi connectivity index (χ1) is 13.0. The van der Waals surface area contributed by atoms with Crippen LogP contribution in [0.2, 0.25) is 0 Å². The van der Waals surface area contributed by atoms with Gasteiger partial charge in [-0.3, -0.25) is 4.79 Å². The molecule has 4 atom stereocenters. The minimum Gasteiger partial charge on any atom is -0.441 e. The number of fused-ring (bicyclic) bond motifs is 2. The highest BCUT2D eigenvalue weighted by Gasteiger charge is 2.52. The molecule has 2 heterocycles. The van der Waals surface area contributed by atoms with Crippen molar-refractivity contribution in [2.45, 2.75) is 70.4 Å². The molecule has 2 N–H and O–H groups in total. The van der Waals surface area contributed by atoms with Gasteiger partial charge in [0.15, 0.2) is 0 Å². The van der Waals surface area contributed by atoms with E-state index >= 15 is 0 Å². The lowest BCUT2D eigenvalue weighted by Gasteiger charge is -2.40. The Morgan fingerprint density at radius 1 is 1.22 bits per heavy atom. The lowest BCUT2D eigenvalue weighted by atomic mass is 9.83. The second kappa shape index (κ2) is 7.26. The summed E-state index contributed by atoms with van der Waals surface area (Å²) in [5.74, 6) is 1.86. The third kappa shape index (κ3) is 3.34. The van der Waals surface area contributed by atoms with Gasteiger partial charge in [0.25, 0.3) is 0 Å². The van der Waals surface area contributed by atoms with E-state index in [0.29, 0.717) is 37.4 Å². The summed E-state index contributed by atoms with van der Waals surface area (Å²) in [5.41, 5.74) is 5.98. The van der Waals surface area contributed by atoms with Crippen LogP contribution in [0.4, 0.5) is 4.79 Å². The Labute approximate surface area is 162 Å². The molecule has 2 aliphatic heterocycles. The van der Waals surface area contributed by atoms with E-state index in [-0.39, 0.29) is 24.0 Å². The molecule has 0 unspecified atom stereocenters. The molecule has 6 heteroatoms. The van der Waals surface area contributed by atoms with Crippen molar-refractivity contribution < 1.29 is 14.3 Å². The van der Waals surface area contributed by atoms with Gasteiger partial charge in [-0.2, -0.15) is 0 Å². The van der Waals surface area contributed by atoms with E-state index < -0.39 is 5.60 Å². The van der Waals surface area contributed by atoms with Gasteiger partial charge in [-0.25, -0.2) is 4.79 Å². The fraction of sp³-hybridized carbons (Fsp3) is 0.905. The Balaban J connectivity index is 1.34. The van der Waals surface area contributed by atoms with Crippen LogP contribution in [-0.4, -0.2) is 59.6 Å². The van der Waals surface area contributed by atoms with Gasteiger partial charge in [-0.05, 0) is 37.0 Å². The first-order valence-electron chi connectivity index (χ1n) is 11.0. The molecule has 6 nitrogen and oxygen atoms in total. The number of amides is 2. The minimum atomic E-state index is -0.392. The Bertz CT molecular complexity index is 581. The first-order valence-corrected chi connectivity index (χ1v) is 11.0. The molecule has 1 spiro atoms. The molecule has 4 rings (SSSR count). The number of nitrogens with two attached hydrogens (primary N) is 1. The second-order valence-electron chi connectivity index (χ2n) is 9.38. The number of carbonyl (C=O) groups excluding carboxylic acids is 2. The summed E-state index contributed by atoms with van der Waals surface area (Å²) in [6.45, 7) is 7.19. The van der Waals surface area contributed by atoms with Crippen LogP contribution < -0.4 is 5.73 Å². The summed E-state index contributed by atoms with van der Waals surface area (Å²) in [6, 6.07) is 0.0481. The van der Waals surface area contributed by atoms with Crippen LogP contribution in [0, 0.1) is 23.7 Å². The number of hydrogen-bond donors (Lipinski definition) is 1. The SMILES string of the molecule is CCC(CC)CN1CC2(CCN(C(=O)[C@H]3[C@H]4CC[C@H](C4)[C@H]3N)CC2)OC1=O. The van der Waals surface area contributed by atoms with E-state index in [2.05, 4.69) is 13.8 Å². The molecule has 0 aromatic rings. The average molecular weight is 378 g/mol. The topological polar surface area (TPSA) is 75.9 Å². The van der Waals surface area contributed by atoms with E-state index in [9.17, 15) is 9.59 Å². The maximum absolute atomic E-state index is 13.1. The summed E-state index contributed by atoms with van der Waals surface area (Å²) in [7, 11) is 0. The zero-order valence-corrected chi connectivity index (χ0v) is 16.9. The van der Waals surface area contributed by atoms with E-state index in [4.69, 9.17) is 10.5 Å². The van der Waals surface area contributed by atoms with Gasteiger partial charge in [0.1, 0.15) is 5.60 Å². The van der Waals surface area contributed by atoms with Gasteiger partial charge >= 0.3 is 6.09 Å². The molecule has 2 bridgehead atoms. The van der Waals surface area contributed by atoms with Gasteiger partial charge in [0.2, 0.25) is 5.91 Å². The number of nitrogens with zero attached hydrogens (tertiary/aromatic N) is 2. The zero-order chi connectivity index (χ0) is 19.2. The van der Waals surface area contributed by atoms with Gasteiger partial charge in [-0.1, -0.05) is 26.7 Å². The predicted octanol–water partition coefficient (Wildman–Crippen LogP) is 2.61. The third-order valence-electron chi connectivity index (χ3n) is 7.93. The van der Waals surface area contributed by atoms with Crippen LogP contribution in [0.1, 0.15) is 58.8 Å². The van der Waals surface area contributed by atoms with E-state index in [1.807, 2.05) is 9.80 Å². The summed E-state index contributed by atoms with van der Waals surface area (Å²) in [4.78, 5) is 29.3. The highest BCUT2D eigenvalue weighted by molar-refractivity contribution is 5.81. The van der Waals surface area contributed by atoms with Crippen molar-refractivity contribution in [1.29, 1.82) is 0 Å². The van der Waals surface area contributed by atoms with Crippen LogP contribution in [0.25, 0.3) is 0 Å². The predicted molar refractivity (Wildman–Crippen MR) is 103 cm³/mol. The molecule has 0 aromatic carbocycles.